The van der Waals surface area contributed by atoms with E-state index >= 15 is 0 Å². The maximum Gasteiger partial charge on any atom is 0.231 e. The Morgan fingerprint density at radius 2 is 2.14 bits per heavy atom. The largest absolute Gasteiger partial charge is 0.342 e. The number of aromatic nitrogens is 1. The van der Waals surface area contributed by atoms with Gasteiger partial charge in [-0.25, -0.2) is 4.98 Å². The lowest BCUT2D eigenvalue weighted by Crippen LogP contribution is -2.29. The van der Waals surface area contributed by atoms with E-state index in [1.54, 1.807) is 11.3 Å². The highest BCUT2D eigenvalue weighted by Gasteiger charge is 2.37. The number of fused-ring (bicyclic) bond motifs is 1. The van der Waals surface area contributed by atoms with Crippen molar-refractivity contribution in [3.63, 3.8) is 0 Å². The average molecular weight is 319 g/mol. The van der Waals surface area contributed by atoms with Gasteiger partial charge in [0.15, 0.2) is 5.13 Å². The second-order valence-electron chi connectivity index (χ2n) is 6.73. The number of aryl methyl sites for hydroxylation is 2. The number of rotatable bonds is 4. The van der Waals surface area contributed by atoms with Crippen LogP contribution in [0.1, 0.15) is 42.7 Å². The Bertz CT molecular complexity index is 585. The molecule has 0 aromatic carbocycles. The van der Waals surface area contributed by atoms with Crippen LogP contribution in [0.5, 0.6) is 0 Å². The normalized spacial score (nSPS) is 24.5. The lowest BCUT2D eigenvalue weighted by Gasteiger charge is -2.15. The highest BCUT2D eigenvalue weighted by atomic mass is 32.1. The van der Waals surface area contributed by atoms with E-state index in [1.165, 1.54) is 30.6 Å². The fourth-order valence-electron chi connectivity index (χ4n) is 3.35. The summed E-state index contributed by atoms with van der Waals surface area (Å²) in [5.74, 6) is 0.548. The molecule has 0 spiro atoms. The maximum absolute atomic E-state index is 12.4. The summed E-state index contributed by atoms with van der Waals surface area (Å²) in [7, 11) is 0. The minimum absolute atomic E-state index is 0.0438. The summed E-state index contributed by atoms with van der Waals surface area (Å²) in [5.41, 5.74) is 1.16. The number of carbonyl (C=O) groups is 2. The van der Waals surface area contributed by atoms with Gasteiger partial charge < -0.3 is 10.2 Å². The van der Waals surface area contributed by atoms with Crippen molar-refractivity contribution in [1.29, 1.82) is 0 Å². The monoisotopic (exact) mass is 319 g/mol. The molecule has 1 aromatic heterocycles. The van der Waals surface area contributed by atoms with Gasteiger partial charge in [0, 0.05) is 24.4 Å². The standard InChI is InChI=1S/C16H21N3O2S/c20-14-7-11(9-19(14)8-10-5-6-10)15(21)18-16-17-12-3-1-2-4-13(12)22-16/h10-11H,1-9H2,(H,17,18,21). The second kappa shape index (κ2) is 5.65. The van der Waals surface area contributed by atoms with Crippen LogP contribution in [0.3, 0.4) is 0 Å². The van der Waals surface area contributed by atoms with Crippen LogP contribution < -0.4 is 5.32 Å². The topological polar surface area (TPSA) is 62.3 Å². The number of likely N-dealkylation sites (tertiary alicyclic amines) is 1. The first-order chi connectivity index (χ1) is 10.7. The van der Waals surface area contributed by atoms with Crippen molar-refractivity contribution < 1.29 is 9.59 Å². The maximum atomic E-state index is 12.4. The Labute approximate surface area is 134 Å². The van der Waals surface area contributed by atoms with Crippen molar-refractivity contribution in [3.8, 4) is 0 Å². The molecule has 2 amide bonds. The summed E-state index contributed by atoms with van der Waals surface area (Å²) in [4.78, 5) is 32.1. The van der Waals surface area contributed by atoms with E-state index in [4.69, 9.17) is 0 Å². The molecule has 5 nitrogen and oxygen atoms in total. The lowest BCUT2D eigenvalue weighted by atomic mass is 10.0. The van der Waals surface area contributed by atoms with Crippen LogP contribution >= 0.6 is 11.3 Å². The summed E-state index contributed by atoms with van der Waals surface area (Å²) in [6.45, 7) is 1.42. The van der Waals surface area contributed by atoms with Crippen molar-refractivity contribution in [2.24, 2.45) is 11.8 Å². The molecule has 1 aromatic rings. The van der Waals surface area contributed by atoms with Crippen LogP contribution in [0, 0.1) is 11.8 Å². The molecule has 118 valence electrons. The van der Waals surface area contributed by atoms with Crippen LogP contribution in [0.4, 0.5) is 5.13 Å². The van der Waals surface area contributed by atoms with Crippen LogP contribution in [-0.4, -0.2) is 34.8 Å². The molecule has 3 aliphatic rings. The second-order valence-corrected chi connectivity index (χ2v) is 7.81. The van der Waals surface area contributed by atoms with Crippen LogP contribution in [-0.2, 0) is 22.4 Å². The summed E-state index contributed by atoms with van der Waals surface area (Å²) in [5, 5.41) is 3.65. The fourth-order valence-corrected chi connectivity index (χ4v) is 4.40. The molecule has 1 atom stereocenters. The smallest absolute Gasteiger partial charge is 0.231 e. The number of nitrogens with one attached hydrogen (secondary N) is 1. The van der Waals surface area contributed by atoms with E-state index in [-0.39, 0.29) is 17.7 Å². The van der Waals surface area contributed by atoms with Crippen molar-refractivity contribution in [2.45, 2.75) is 44.9 Å². The van der Waals surface area contributed by atoms with Crippen molar-refractivity contribution in [2.75, 3.05) is 18.4 Å². The summed E-state index contributed by atoms with van der Waals surface area (Å²) in [6.07, 6.45) is 7.33. The van der Waals surface area contributed by atoms with E-state index in [2.05, 4.69) is 10.3 Å². The molecule has 1 aliphatic heterocycles. The van der Waals surface area contributed by atoms with Crippen molar-refractivity contribution >= 4 is 28.3 Å². The zero-order chi connectivity index (χ0) is 15.1. The molecule has 1 saturated carbocycles. The fraction of sp³-hybridized carbons (Fsp3) is 0.688. The molecule has 1 unspecified atom stereocenters. The third-order valence-corrected chi connectivity index (χ3v) is 5.91. The zero-order valence-electron chi connectivity index (χ0n) is 12.6. The number of anilines is 1. The molecule has 1 N–H and O–H groups in total. The van der Waals surface area contributed by atoms with Crippen LogP contribution in [0.15, 0.2) is 0 Å². The quantitative estimate of drug-likeness (QED) is 0.925. The summed E-state index contributed by atoms with van der Waals surface area (Å²) >= 11 is 1.60. The number of thiazole rings is 1. The Kier molecular flexibility index (Phi) is 3.64. The molecule has 0 radical (unpaired) electrons. The number of hydrogen-bond donors (Lipinski definition) is 1. The minimum Gasteiger partial charge on any atom is -0.342 e. The van der Waals surface area contributed by atoms with Gasteiger partial charge in [-0.15, -0.1) is 11.3 Å². The predicted octanol–water partition coefficient (Wildman–Crippen LogP) is 2.22. The third-order valence-electron chi connectivity index (χ3n) is 4.84. The summed E-state index contributed by atoms with van der Waals surface area (Å²) in [6, 6.07) is 0. The van der Waals surface area contributed by atoms with E-state index in [0.29, 0.717) is 24.0 Å². The highest BCUT2D eigenvalue weighted by Crippen LogP contribution is 2.33. The Balaban J connectivity index is 1.37. The van der Waals surface area contributed by atoms with Gasteiger partial charge in [-0.2, -0.15) is 0 Å². The minimum atomic E-state index is -0.216. The number of nitrogens with zero attached hydrogens (tertiary/aromatic N) is 2. The Morgan fingerprint density at radius 1 is 1.32 bits per heavy atom. The van der Waals surface area contributed by atoms with Gasteiger partial charge in [0.05, 0.1) is 11.6 Å². The van der Waals surface area contributed by atoms with Gasteiger partial charge in [-0.3, -0.25) is 9.59 Å². The highest BCUT2D eigenvalue weighted by molar-refractivity contribution is 7.15. The number of amides is 2. The van der Waals surface area contributed by atoms with Gasteiger partial charge in [0.1, 0.15) is 0 Å². The first-order valence-corrected chi connectivity index (χ1v) is 9.08. The first kappa shape index (κ1) is 14.2. The van der Waals surface area contributed by atoms with Gasteiger partial charge in [0.25, 0.3) is 0 Å². The van der Waals surface area contributed by atoms with E-state index in [1.807, 2.05) is 4.90 Å². The molecule has 0 bridgehead atoms. The van der Waals surface area contributed by atoms with Gasteiger partial charge in [-0.1, -0.05) is 0 Å². The molecule has 22 heavy (non-hydrogen) atoms. The lowest BCUT2D eigenvalue weighted by molar-refractivity contribution is -0.128. The third kappa shape index (κ3) is 2.89. The Morgan fingerprint density at radius 3 is 2.91 bits per heavy atom. The van der Waals surface area contributed by atoms with Crippen molar-refractivity contribution in [3.05, 3.63) is 10.6 Å². The number of hydrogen-bond acceptors (Lipinski definition) is 4. The molecule has 4 rings (SSSR count). The Hall–Kier alpha value is -1.43. The predicted molar refractivity (Wildman–Crippen MR) is 84.8 cm³/mol. The molecule has 6 heteroatoms. The van der Waals surface area contributed by atoms with E-state index in [9.17, 15) is 9.59 Å². The van der Waals surface area contributed by atoms with E-state index in [0.717, 1.165) is 25.1 Å². The zero-order valence-corrected chi connectivity index (χ0v) is 13.5. The molecule has 2 heterocycles. The molecular formula is C16H21N3O2S. The number of carbonyl (C=O) groups excluding carboxylic acids is 2. The molecule has 2 fully saturated rings. The molecule has 2 aliphatic carbocycles. The van der Waals surface area contributed by atoms with Crippen LogP contribution in [0.25, 0.3) is 0 Å². The van der Waals surface area contributed by atoms with Gasteiger partial charge >= 0.3 is 0 Å². The molecular weight excluding hydrogens is 298 g/mol. The van der Waals surface area contributed by atoms with Gasteiger partial charge in [-0.05, 0) is 44.4 Å². The van der Waals surface area contributed by atoms with Crippen molar-refractivity contribution in [1.82, 2.24) is 9.88 Å². The molecule has 1 saturated heterocycles. The SMILES string of the molecule is O=C(Nc1nc2c(s1)CCCC2)C1CC(=O)N(CC2CC2)C1. The van der Waals surface area contributed by atoms with Gasteiger partial charge in [0.2, 0.25) is 11.8 Å². The van der Waals surface area contributed by atoms with Crippen LogP contribution in [0.2, 0.25) is 0 Å². The van der Waals surface area contributed by atoms with E-state index < -0.39 is 0 Å². The average Bonchev–Trinajstić information content (AvgIpc) is 3.10. The summed E-state index contributed by atoms with van der Waals surface area (Å²) < 4.78 is 0. The first-order valence-electron chi connectivity index (χ1n) is 8.26.